The van der Waals surface area contributed by atoms with Gasteiger partial charge in [0.15, 0.2) is 5.82 Å². The lowest BCUT2D eigenvalue weighted by Gasteiger charge is -2.28. The molecule has 0 atom stereocenters. The topological polar surface area (TPSA) is 47.5 Å². The third-order valence-electron chi connectivity index (χ3n) is 3.33. The summed E-state index contributed by atoms with van der Waals surface area (Å²) >= 11 is 6.05. The Balaban J connectivity index is 2.03. The van der Waals surface area contributed by atoms with Crippen LogP contribution < -0.4 is 9.64 Å². The fraction of sp³-hybridized carbons (Fsp3) is 0.467. The van der Waals surface area contributed by atoms with Crippen LogP contribution in [-0.2, 0) is 4.74 Å². The molecule has 2 heterocycles. The van der Waals surface area contributed by atoms with Gasteiger partial charge < -0.3 is 14.4 Å². The first-order valence-corrected chi connectivity index (χ1v) is 7.58. The highest BCUT2D eigenvalue weighted by molar-refractivity contribution is 6.31. The third kappa shape index (κ3) is 3.19. The SMILES string of the molecule is CCCOc1nc2ccc(Cl)cc2nc1N1CCOCC1. The monoisotopic (exact) mass is 307 g/mol. The zero-order valence-electron chi connectivity index (χ0n) is 12.0. The molecule has 21 heavy (non-hydrogen) atoms. The van der Waals surface area contributed by atoms with E-state index in [1.807, 2.05) is 18.2 Å². The van der Waals surface area contributed by atoms with Crippen molar-refractivity contribution in [3.8, 4) is 5.88 Å². The second kappa shape index (κ2) is 6.45. The van der Waals surface area contributed by atoms with E-state index < -0.39 is 0 Å². The summed E-state index contributed by atoms with van der Waals surface area (Å²) in [5, 5.41) is 0.659. The molecule has 1 aliphatic rings. The number of hydrogen-bond donors (Lipinski definition) is 0. The van der Waals surface area contributed by atoms with Crippen molar-refractivity contribution in [2.45, 2.75) is 13.3 Å². The molecule has 1 fully saturated rings. The Morgan fingerprint density at radius 2 is 2.05 bits per heavy atom. The number of nitrogens with zero attached hydrogens (tertiary/aromatic N) is 3. The van der Waals surface area contributed by atoms with E-state index in [4.69, 9.17) is 26.1 Å². The minimum Gasteiger partial charge on any atom is -0.475 e. The van der Waals surface area contributed by atoms with Crippen LogP contribution in [0.15, 0.2) is 18.2 Å². The number of rotatable bonds is 4. The van der Waals surface area contributed by atoms with Gasteiger partial charge in [0.2, 0.25) is 0 Å². The van der Waals surface area contributed by atoms with Gasteiger partial charge in [-0.1, -0.05) is 18.5 Å². The van der Waals surface area contributed by atoms with Crippen molar-refractivity contribution < 1.29 is 9.47 Å². The minimum absolute atomic E-state index is 0.591. The maximum atomic E-state index is 6.05. The van der Waals surface area contributed by atoms with Crippen LogP contribution in [0.4, 0.5) is 5.82 Å². The van der Waals surface area contributed by atoms with Crippen LogP contribution in [0.3, 0.4) is 0 Å². The van der Waals surface area contributed by atoms with Gasteiger partial charge in [-0.15, -0.1) is 0 Å². The number of halogens is 1. The van der Waals surface area contributed by atoms with Crippen LogP contribution in [0, 0.1) is 0 Å². The largest absolute Gasteiger partial charge is 0.475 e. The standard InChI is InChI=1S/C15H18ClN3O2/c1-2-7-21-15-14(19-5-8-20-9-6-19)17-13-10-11(16)3-4-12(13)18-15/h3-4,10H,2,5-9H2,1H3. The molecule has 0 saturated carbocycles. The maximum absolute atomic E-state index is 6.05. The van der Waals surface area contributed by atoms with Gasteiger partial charge in [0.05, 0.1) is 30.9 Å². The fourth-order valence-corrected chi connectivity index (χ4v) is 2.45. The Labute approximate surface area is 128 Å². The molecule has 0 bridgehead atoms. The lowest BCUT2D eigenvalue weighted by Crippen LogP contribution is -2.37. The van der Waals surface area contributed by atoms with Gasteiger partial charge in [0, 0.05) is 18.1 Å². The van der Waals surface area contributed by atoms with Crippen molar-refractivity contribution in [3.63, 3.8) is 0 Å². The molecule has 1 saturated heterocycles. The average Bonchev–Trinajstić information content (AvgIpc) is 2.53. The molecule has 5 nitrogen and oxygen atoms in total. The van der Waals surface area contributed by atoms with Crippen molar-refractivity contribution in [3.05, 3.63) is 23.2 Å². The number of anilines is 1. The van der Waals surface area contributed by atoms with Gasteiger partial charge in [0.1, 0.15) is 0 Å². The normalized spacial score (nSPS) is 15.4. The summed E-state index contributed by atoms with van der Waals surface area (Å²) in [5.74, 6) is 1.37. The molecule has 0 spiro atoms. The Hall–Kier alpha value is -1.59. The molecule has 112 valence electrons. The van der Waals surface area contributed by atoms with E-state index in [1.54, 1.807) is 0 Å². The lowest BCUT2D eigenvalue weighted by atomic mass is 10.3. The molecular weight excluding hydrogens is 290 g/mol. The molecular formula is C15H18ClN3O2. The predicted octanol–water partition coefficient (Wildman–Crippen LogP) is 2.91. The van der Waals surface area contributed by atoms with E-state index in [1.165, 1.54) is 0 Å². The molecule has 0 radical (unpaired) electrons. The summed E-state index contributed by atoms with van der Waals surface area (Å²) in [5.41, 5.74) is 1.58. The number of aromatic nitrogens is 2. The second-order valence-electron chi connectivity index (χ2n) is 4.93. The van der Waals surface area contributed by atoms with E-state index in [9.17, 15) is 0 Å². The maximum Gasteiger partial charge on any atom is 0.258 e. The quantitative estimate of drug-likeness (QED) is 0.869. The fourth-order valence-electron chi connectivity index (χ4n) is 2.28. The first-order chi connectivity index (χ1) is 10.3. The summed E-state index contributed by atoms with van der Waals surface area (Å²) in [6, 6.07) is 5.51. The number of benzene rings is 1. The Bertz CT molecular complexity index is 630. The van der Waals surface area contributed by atoms with Crippen LogP contribution in [-0.4, -0.2) is 42.9 Å². The average molecular weight is 308 g/mol. The Morgan fingerprint density at radius 1 is 1.24 bits per heavy atom. The molecule has 0 unspecified atom stereocenters. The van der Waals surface area contributed by atoms with Crippen LogP contribution in [0.2, 0.25) is 5.02 Å². The highest BCUT2D eigenvalue weighted by Crippen LogP contribution is 2.28. The number of morpholine rings is 1. The van der Waals surface area contributed by atoms with Gasteiger partial charge in [-0.05, 0) is 24.6 Å². The van der Waals surface area contributed by atoms with Crippen molar-refractivity contribution in [1.29, 1.82) is 0 Å². The smallest absolute Gasteiger partial charge is 0.258 e. The zero-order chi connectivity index (χ0) is 14.7. The van der Waals surface area contributed by atoms with Gasteiger partial charge in [-0.25, -0.2) is 9.97 Å². The van der Waals surface area contributed by atoms with E-state index in [2.05, 4.69) is 16.8 Å². The molecule has 1 aromatic heterocycles. The van der Waals surface area contributed by atoms with E-state index in [-0.39, 0.29) is 0 Å². The lowest BCUT2D eigenvalue weighted by molar-refractivity contribution is 0.122. The molecule has 0 amide bonds. The van der Waals surface area contributed by atoms with Crippen molar-refractivity contribution in [1.82, 2.24) is 9.97 Å². The molecule has 3 rings (SSSR count). The third-order valence-corrected chi connectivity index (χ3v) is 3.57. The number of ether oxygens (including phenoxy) is 2. The Kier molecular flexibility index (Phi) is 4.41. The van der Waals surface area contributed by atoms with E-state index in [0.717, 1.165) is 36.4 Å². The van der Waals surface area contributed by atoms with E-state index in [0.29, 0.717) is 30.7 Å². The van der Waals surface area contributed by atoms with Crippen LogP contribution in [0.5, 0.6) is 5.88 Å². The first kappa shape index (κ1) is 14.4. The predicted molar refractivity (Wildman–Crippen MR) is 83.4 cm³/mol. The molecule has 2 aromatic rings. The van der Waals surface area contributed by atoms with Crippen LogP contribution in [0.25, 0.3) is 11.0 Å². The van der Waals surface area contributed by atoms with Crippen molar-refractivity contribution in [2.24, 2.45) is 0 Å². The van der Waals surface area contributed by atoms with Gasteiger partial charge in [-0.3, -0.25) is 0 Å². The van der Waals surface area contributed by atoms with Gasteiger partial charge in [-0.2, -0.15) is 0 Å². The van der Waals surface area contributed by atoms with Gasteiger partial charge >= 0.3 is 0 Å². The summed E-state index contributed by atoms with van der Waals surface area (Å²) < 4.78 is 11.2. The minimum atomic E-state index is 0.591. The summed E-state index contributed by atoms with van der Waals surface area (Å²) in [6.45, 7) is 5.69. The van der Waals surface area contributed by atoms with Crippen molar-refractivity contribution in [2.75, 3.05) is 37.8 Å². The number of fused-ring (bicyclic) bond motifs is 1. The Morgan fingerprint density at radius 3 is 2.81 bits per heavy atom. The zero-order valence-corrected chi connectivity index (χ0v) is 12.8. The van der Waals surface area contributed by atoms with Crippen LogP contribution in [0.1, 0.15) is 13.3 Å². The van der Waals surface area contributed by atoms with E-state index >= 15 is 0 Å². The van der Waals surface area contributed by atoms with Crippen LogP contribution >= 0.6 is 11.6 Å². The van der Waals surface area contributed by atoms with Gasteiger partial charge in [0.25, 0.3) is 5.88 Å². The molecule has 1 aliphatic heterocycles. The molecule has 0 N–H and O–H groups in total. The van der Waals surface area contributed by atoms with Crippen molar-refractivity contribution >= 4 is 28.5 Å². The molecule has 1 aromatic carbocycles. The second-order valence-corrected chi connectivity index (χ2v) is 5.37. The molecule has 6 heteroatoms. The molecule has 0 aliphatic carbocycles. The first-order valence-electron chi connectivity index (χ1n) is 7.20. The number of hydrogen-bond acceptors (Lipinski definition) is 5. The summed E-state index contributed by atoms with van der Waals surface area (Å²) in [4.78, 5) is 11.5. The highest BCUT2D eigenvalue weighted by atomic mass is 35.5. The summed E-state index contributed by atoms with van der Waals surface area (Å²) in [7, 11) is 0. The highest BCUT2D eigenvalue weighted by Gasteiger charge is 2.19. The summed E-state index contributed by atoms with van der Waals surface area (Å²) in [6.07, 6.45) is 0.933.